The van der Waals surface area contributed by atoms with Crippen LogP contribution in [0, 0.1) is 23.2 Å². The minimum Gasteiger partial charge on any atom is -0.380 e. The van der Waals surface area contributed by atoms with Crippen molar-refractivity contribution in [2.45, 2.75) is 52.1 Å². The van der Waals surface area contributed by atoms with Gasteiger partial charge in [-0.1, -0.05) is 56.9 Å². The van der Waals surface area contributed by atoms with Gasteiger partial charge in [0.25, 0.3) is 0 Å². The van der Waals surface area contributed by atoms with Crippen LogP contribution in [0.15, 0.2) is 42.7 Å². The lowest BCUT2D eigenvalue weighted by Crippen LogP contribution is -2.63. The summed E-state index contributed by atoms with van der Waals surface area (Å²) >= 11 is 0. The molecule has 2 aromatic rings. The number of aliphatic hydroxyl groups is 1. The van der Waals surface area contributed by atoms with E-state index in [1.54, 1.807) is 19.3 Å². The highest BCUT2D eigenvalue weighted by Gasteiger charge is 2.55. The van der Waals surface area contributed by atoms with Crippen LogP contribution in [0.2, 0.25) is 0 Å². The molecule has 0 aliphatic carbocycles. The molecule has 2 aliphatic heterocycles. The second-order valence-electron chi connectivity index (χ2n) is 10.7. The van der Waals surface area contributed by atoms with Gasteiger partial charge in [-0.25, -0.2) is 0 Å². The summed E-state index contributed by atoms with van der Waals surface area (Å²) in [6, 6.07) is 10.4. The third-order valence-electron chi connectivity index (χ3n) is 7.62. The summed E-state index contributed by atoms with van der Waals surface area (Å²) in [7, 11) is 2.08. The summed E-state index contributed by atoms with van der Waals surface area (Å²) < 4.78 is 0. The Bertz CT molecular complexity index is 1080. The minimum absolute atomic E-state index is 0.138. The molecule has 34 heavy (non-hydrogen) atoms. The Labute approximate surface area is 204 Å². The van der Waals surface area contributed by atoms with Crippen molar-refractivity contribution < 1.29 is 9.90 Å². The van der Waals surface area contributed by atoms with Crippen molar-refractivity contribution in [1.82, 2.24) is 14.8 Å². The fourth-order valence-corrected chi connectivity index (χ4v) is 5.58. The molecule has 0 radical (unpaired) electrons. The van der Waals surface area contributed by atoms with Gasteiger partial charge in [0, 0.05) is 68.0 Å². The molecule has 1 N–H and O–H groups in total. The Balaban J connectivity index is 1.64. The molecule has 1 aromatic carbocycles. The Hall–Kier alpha value is -2.68. The smallest absolute Gasteiger partial charge is 0.219 e. The number of aromatic nitrogens is 1. The van der Waals surface area contributed by atoms with Crippen molar-refractivity contribution in [2.75, 3.05) is 33.2 Å². The third-order valence-corrected chi connectivity index (χ3v) is 7.62. The molecule has 5 nitrogen and oxygen atoms in total. The van der Waals surface area contributed by atoms with Gasteiger partial charge in [0.05, 0.1) is 0 Å². The number of hydrogen-bond donors (Lipinski definition) is 1. The predicted molar refractivity (Wildman–Crippen MR) is 135 cm³/mol. The maximum atomic E-state index is 12.4. The number of nitrogens with zero attached hydrogens (tertiary/aromatic N) is 3. The summed E-state index contributed by atoms with van der Waals surface area (Å²) in [4.78, 5) is 20.2. The van der Waals surface area contributed by atoms with Crippen molar-refractivity contribution in [3.05, 3.63) is 65.0 Å². The van der Waals surface area contributed by atoms with Crippen LogP contribution in [0.1, 0.15) is 68.7 Å². The predicted octanol–water partition coefficient (Wildman–Crippen LogP) is 4.00. The Morgan fingerprint density at radius 1 is 1.15 bits per heavy atom. The molecule has 2 saturated heterocycles. The van der Waals surface area contributed by atoms with E-state index in [4.69, 9.17) is 0 Å². The highest BCUT2D eigenvalue weighted by atomic mass is 16.3. The number of likely N-dealkylation sites (tertiary alicyclic amines) is 2. The van der Waals surface area contributed by atoms with Crippen LogP contribution in [-0.4, -0.2) is 59.0 Å². The molecule has 0 unspecified atom stereocenters. The van der Waals surface area contributed by atoms with E-state index in [1.807, 2.05) is 11.0 Å². The van der Waals surface area contributed by atoms with E-state index in [0.29, 0.717) is 5.92 Å². The molecule has 180 valence electrons. The van der Waals surface area contributed by atoms with E-state index in [9.17, 15) is 9.90 Å². The Kier molecular flexibility index (Phi) is 6.85. The average molecular weight is 460 g/mol. The summed E-state index contributed by atoms with van der Waals surface area (Å²) in [5, 5.41) is 12.4. The van der Waals surface area contributed by atoms with Crippen molar-refractivity contribution in [3.8, 4) is 11.8 Å². The summed E-state index contributed by atoms with van der Waals surface area (Å²) in [5.41, 5.74) is 2.28. The largest absolute Gasteiger partial charge is 0.380 e. The zero-order chi connectivity index (χ0) is 24.5. The molecular formula is C29H37N3O2. The van der Waals surface area contributed by atoms with E-state index >= 15 is 0 Å². The fourth-order valence-electron chi connectivity index (χ4n) is 5.58. The normalized spacial score (nSPS) is 20.3. The van der Waals surface area contributed by atoms with Gasteiger partial charge in [-0.3, -0.25) is 9.78 Å². The molecule has 5 heteroatoms. The van der Waals surface area contributed by atoms with Crippen molar-refractivity contribution in [1.29, 1.82) is 0 Å². The number of benzene rings is 1. The van der Waals surface area contributed by atoms with Gasteiger partial charge in [-0.15, -0.1) is 0 Å². The maximum absolute atomic E-state index is 12.4. The molecule has 2 fully saturated rings. The first-order valence-electron chi connectivity index (χ1n) is 12.4. The number of rotatable bonds is 4. The van der Waals surface area contributed by atoms with Crippen molar-refractivity contribution >= 4 is 5.91 Å². The van der Waals surface area contributed by atoms with Gasteiger partial charge in [0.1, 0.15) is 5.60 Å². The van der Waals surface area contributed by atoms with E-state index in [1.165, 1.54) is 5.56 Å². The number of piperidine rings is 1. The monoisotopic (exact) mass is 459 g/mol. The van der Waals surface area contributed by atoms with Gasteiger partial charge in [-0.2, -0.15) is 0 Å². The summed E-state index contributed by atoms with van der Waals surface area (Å²) in [5.74, 6) is 7.55. The van der Waals surface area contributed by atoms with E-state index in [0.717, 1.165) is 55.7 Å². The molecule has 4 rings (SSSR count). The number of carbonyl (C=O) groups is 1. The highest BCUT2D eigenvalue weighted by Crippen LogP contribution is 2.50. The molecule has 1 atom stereocenters. The second kappa shape index (κ2) is 9.52. The van der Waals surface area contributed by atoms with Gasteiger partial charge < -0.3 is 14.9 Å². The van der Waals surface area contributed by atoms with Gasteiger partial charge in [0.15, 0.2) is 0 Å². The van der Waals surface area contributed by atoms with Crippen LogP contribution in [0.25, 0.3) is 0 Å². The average Bonchev–Trinajstić information content (AvgIpc) is 2.81. The first-order chi connectivity index (χ1) is 16.1. The Morgan fingerprint density at radius 3 is 2.35 bits per heavy atom. The number of amides is 1. The lowest BCUT2D eigenvalue weighted by atomic mass is 9.62. The second-order valence-corrected chi connectivity index (χ2v) is 10.7. The van der Waals surface area contributed by atoms with Crippen LogP contribution in [0.4, 0.5) is 0 Å². The van der Waals surface area contributed by atoms with Gasteiger partial charge in [0.2, 0.25) is 5.91 Å². The fraction of sp³-hybridized carbons (Fsp3) is 0.517. The third kappa shape index (κ3) is 4.62. The number of carbonyl (C=O) groups excluding carboxylic acids is 1. The zero-order valence-corrected chi connectivity index (χ0v) is 21.1. The highest BCUT2D eigenvalue weighted by molar-refractivity contribution is 5.73. The zero-order valence-electron chi connectivity index (χ0n) is 21.1. The minimum atomic E-state index is -1.16. The first kappa shape index (κ1) is 24.4. The first-order valence-corrected chi connectivity index (χ1v) is 12.4. The Morgan fingerprint density at radius 2 is 1.79 bits per heavy atom. The van der Waals surface area contributed by atoms with E-state index in [-0.39, 0.29) is 17.2 Å². The summed E-state index contributed by atoms with van der Waals surface area (Å²) in [6.45, 7) is 11.3. The molecule has 1 aromatic heterocycles. The van der Waals surface area contributed by atoms with Crippen LogP contribution < -0.4 is 0 Å². The lowest BCUT2D eigenvalue weighted by molar-refractivity contribution is -0.129. The van der Waals surface area contributed by atoms with Crippen molar-refractivity contribution in [2.24, 2.45) is 11.3 Å². The van der Waals surface area contributed by atoms with E-state index in [2.05, 4.69) is 73.8 Å². The molecular weight excluding hydrogens is 422 g/mol. The standard InChI is InChI=1S/C29H37N3O2/c1-21(2)25-8-10-26(11-9-25)29(34,28(4)19-31(5)20-28)27-16-24(17-30-18-27)7-6-23-12-14-32(15-13-23)22(3)33/h8-11,16-18,21,23,34H,12-15,19-20H2,1-5H3/t29-/m0/s1. The topological polar surface area (TPSA) is 56.7 Å². The quantitative estimate of drug-likeness (QED) is 0.702. The van der Waals surface area contributed by atoms with Crippen LogP contribution in [-0.2, 0) is 10.4 Å². The molecule has 2 aliphatic rings. The van der Waals surface area contributed by atoms with Crippen LogP contribution >= 0.6 is 0 Å². The number of pyridine rings is 1. The summed E-state index contributed by atoms with van der Waals surface area (Å²) in [6.07, 6.45) is 5.36. The molecule has 1 amide bonds. The van der Waals surface area contributed by atoms with Gasteiger partial charge >= 0.3 is 0 Å². The maximum Gasteiger partial charge on any atom is 0.219 e. The molecule has 0 spiro atoms. The van der Waals surface area contributed by atoms with Crippen molar-refractivity contribution in [3.63, 3.8) is 0 Å². The van der Waals surface area contributed by atoms with Crippen LogP contribution in [0.3, 0.4) is 0 Å². The molecule has 0 saturated carbocycles. The molecule has 0 bridgehead atoms. The molecule has 3 heterocycles. The van der Waals surface area contributed by atoms with Gasteiger partial charge in [-0.05, 0) is 43.0 Å². The SMILES string of the molecule is CC(=O)N1CCC(C#Cc2cncc([C@@](O)(c3ccc(C(C)C)cc3)C3(C)CN(C)C3)c2)CC1. The van der Waals surface area contributed by atoms with E-state index < -0.39 is 5.60 Å². The van der Waals surface area contributed by atoms with Crippen LogP contribution in [0.5, 0.6) is 0 Å². The number of hydrogen-bond acceptors (Lipinski definition) is 4. The lowest BCUT2D eigenvalue weighted by Gasteiger charge is -2.55.